The predicted molar refractivity (Wildman–Crippen MR) is 91.1 cm³/mol. The Hall–Kier alpha value is -2.13. The SMILES string of the molecule is CCCN1Cc2ccccc2C(CCO)(c2ccccc2)C1=O. The van der Waals surface area contributed by atoms with Crippen molar-refractivity contribution in [3.8, 4) is 0 Å². The van der Waals surface area contributed by atoms with E-state index >= 15 is 0 Å². The molecule has 0 radical (unpaired) electrons. The molecule has 0 saturated heterocycles. The number of hydrogen-bond donors (Lipinski definition) is 1. The largest absolute Gasteiger partial charge is 0.396 e. The van der Waals surface area contributed by atoms with Gasteiger partial charge in [-0.05, 0) is 29.5 Å². The number of carbonyl (C=O) groups excluding carboxylic acids is 1. The number of fused-ring (bicyclic) bond motifs is 1. The number of aliphatic hydroxyl groups excluding tert-OH is 1. The molecule has 1 amide bonds. The summed E-state index contributed by atoms with van der Waals surface area (Å²) < 4.78 is 0. The number of rotatable bonds is 5. The van der Waals surface area contributed by atoms with Gasteiger partial charge in [0.2, 0.25) is 5.91 Å². The maximum Gasteiger partial charge on any atom is 0.238 e. The number of carbonyl (C=O) groups is 1. The summed E-state index contributed by atoms with van der Waals surface area (Å²) in [5.74, 6) is 0.110. The Balaban J connectivity index is 2.24. The molecule has 0 aromatic heterocycles. The summed E-state index contributed by atoms with van der Waals surface area (Å²) in [6, 6.07) is 18.0. The molecule has 3 nitrogen and oxygen atoms in total. The molecule has 1 aliphatic heterocycles. The van der Waals surface area contributed by atoms with Crippen molar-refractivity contribution in [1.82, 2.24) is 4.90 Å². The summed E-state index contributed by atoms with van der Waals surface area (Å²) in [5, 5.41) is 9.73. The highest BCUT2D eigenvalue weighted by Crippen LogP contribution is 2.42. The summed E-state index contributed by atoms with van der Waals surface area (Å²) in [5.41, 5.74) is 2.41. The molecule has 1 heterocycles. The number of benzene rings is 2. The van der Waals surface area contributed by atoms with Crippen molar-refractivity contribution in [2.45, 2.75) is 31.7 Å². The standard InChI is InChI=1S/C20H23NO2/c1-2-13-21-15-16-8-6-7-11-18(16)20(12-14-22,19(21)23)17-9-4-3-5-10-17/h3-11,22H,2,12-15H2,1H3. The summed E-state index contributed by atoms with van der Waals surface area (Å²) in [6.45, 7) is 3.47. The van der Waals surface area contributed by atoms with E-state index < -0.39 is 5.41 Å². The molecule has 0 saturated carbocycles. The minimum Gasteiger partial charge on any atom is -0.396 e. The van der Waals surface area contributed by atoms with Gasteiger partial charge in [-0.25, -0.2) is 0 Å². The molecule has 3 rings (SSSR count). The van der Waals surface area contributed by atoms with Gasteiger partial charge in [0.1, 0.15) is 5.41 Å². The van der Waals surface area contributed by atoms with E-state index in [9.17, 15) is 9.90 Å². The first kappa shape index (κ1) is 15.8. The van der Waals surface area contributed by atoms with Gasteiger partial charge in [-0.2, -0.15) is 0 Å². The molecule has 0 spiro atoms. The first-order chi connectivity index (χ1) is 11.2. The van der Waals surface area contributed by atoms with Crippen LogP contribution in [0.5, 0.6) is 0 Å². The minimum atomic E-state index is -0.778. The van der Waals surface area contributed by atoms with Gasteiger partial charge < -0.3 is 10.0 Å². The highest BCUT2D eigenvalue weighted by molar-refractivity contribution is 5.94. The quantitative estimate of drug-likeness (QED) is 0.922. The average Bonchev–Trinajstić information content (AvgIpc) is 2.59. The summed E-state index contributed by atoms with van der Waals surface area (Å²) >= 11 is 0. The Kier molecular flexibility index (Phi) is 4.49. The van der Waals surface area contributed by atoms with Crippen molar-refractivity contribution in [3.63, 3.8) is 0 Å². The third-order valence-corrected chi connectivity index (χ3v) is 4.74. The molecule has 23 heavy (non-hydrogen) atoms. The van der Waals surface area contributed by atoms with Crippen molar-refractivity contribution < 1.29 is 9.90 Å². The Bertz CT molecular complexity index is 683. The molecule has 1 unspecified atom stereocenters. The molecular formula is C20H23NO2. The highest BCUT2D eigenvalue weighted by atomic mass is 16.3. The molecule has 2 aromatic carbocycles. The Morgan fingerprint density at radius 2 is 1.78 bits per heavy atom. The second kappa shape index (κ2) is 6.55. The molecule has 0 aliphatic carbocycles. The molecule has 0 bridgehead atoms. The molecule has 1 N–H and O–H groups in total. The molecule has 1 aliphatic rings. The molecule has 2 aromatic rings. The lowest BCUT2D eigenvalue weighted by Crippen LogP contribution is -2.52. The number of hydrogen-bond acceptors (Lipinski definition) is 2. The zero-order chi connectivity index (χ0) is 16.3. The van der Waals surface area contributed by atoms with Gasteiger partial charge in [-0.1, -0.05) is 61.5 Å². The van der Waals surface area contributed by atoms with Crippen molar-refractivity contribution in [3.05, 3.63) is 71.3 Å². The number of nitrogens with zero attached hydrogens (tertiary/aromatic N) is 1. The van der Waals surface area contributed by atoms with E-state index in [1.807, 2.05) is 53.4 Å². The Morgan fingerprint density at radius 3 is 2.48 bits per heavy atom. The van der Waals surface area contributed by atoms with Gasteiger partial charge in [0.15, 0.2) is 0 Å². The van der Waals surface area contributed by atoms with Crippen LogP contribution < -0.4 is 0 Å². The van der Waals surface area contributed by atoms with Gasteiger partial charge in [0.25, 0.3) is 0 Å². The zero-order valence-electron chi connectivity index (χ0n) is 13.5. The van der Waals surface area contributed by atoms with E-state index in [4.69, 9.17) is 0 Å². The van der Waals surface area contributed by atoms with Crippen LogP contribution in [-0.2, 0) is 16.8 Å². The Morgan fingerprint density at radius 1 is 1.09 bits per heavy atom. The van der Waals surface area contributed by atoms with Crippen LogP contribution in [0.3, 0.4) is 0 Å². The van der Waals surface area contributed by atoms with Crippen LogP contribution in [0.15, 0.2) is 54.6 Å². The Labute approximate surface area is 137 Å². The van der Waals surface area contributed by atoms with Gasteiger partial charge in [0.05, 0.1) is 0 Å². The van der Waals surface area contributed by atoms with Gasteiger partial charge in [-0.3, -0.25) is 4.79 Å². The first-order valence-electron chi connectivity index (χ1n) is 8.28. The molecular weight excluding hydrogens is 286 g/mol. The molecule has 3 heteroatoms. The van der Waals surface area contributed by atoms with Gasteiger partial charge >= 0.3 is 0 Å². The topological polar surface area (TPSA) is 40.5 Å². The normalized spacial score (nSPS) is 20.4. The van der Waals surface area contributed by atoms with Crippen LogP contribution in [0, 0.1) is 0 Å². The fourth-order valence-corrected chi connectivity index (χ4v) is 3.74. The fraction of sp³-hybridized carbons (Fsp3) is 0.350. The second-order valence-electron chi connectivity index (χ2n) is 6.13. The summed E-state index contributed by atoms with van der Waals surface area (Å²) in [7, 11) is 0. The van der Waals surface area contributed by atoms with Gasteiger partial charge in [-0.15, -0.1) is 0 Å². The summed E-state index contributed by atoms with van der Waals surface area (Å²) in [6.07, 6.45) is 1.34. The highest BCUT2D eigenvalue weighted by Gasteiger charge is 2.47. The number of amides is 1. The van der Waals surface area contributed by atoms with Crippen LogP contribution in [0.4, 0.5) is 0 Å². The van der Waals surface area contributed by atoms with Crippen LogP contribution in [0.1, 0.15) is 36.5 Å². The molecule has 1 atom stereocenters. The van der Waals surface area contributed by atoms with E-state index in [2.05, 4.69) is 13.0 Å². The molecule has 0 fully saturated rings. The third kappa shape index (κ3) is 2.55. The maximum atomic E-state index is 13.4. The fourth-order valence-electron chi connectivity index (χ4n) is 3.74. The van der Waals surface area contributed by atoms with E-state index in [1.54, 1.807) is 0 Å². The lowest BCUT2D eigenvalue weighted by Gasteiger charge is -2.43. The zero-order valence-corrected chi connectivity index (χ0v) is 13.5. The van der Waals surface area contributed by atoms with Crippen LogP contribution >= 0.6 is 0 Å². The number of aliphatic hydroxyl groups is 1. The van der Waals surface area contributed by atoms with E-state index in [1.165, 1.54) is 5.56 Å². The minimum absolute atomic E-state index is 0.0189. The van der Waals surface area contributed by atoms with E-state index in [0.29, 0.717) is 13.0 Å². The third-order valence-electron chi connectivity index (χ3n) is 4.74. The van der Waals surface area contributed by atoms with Crippen LogP contribution in [0.2, 0.25) is 0 Å². The van der Waals surface area contributed by atoms with Crippen LogP contribution in [0.25, 0.3) is 0 Å². The lowest BCUT2D eigenvalue weighted by atomic mass is 9.67. The van der Waals surface area contributed by atoms with Crippen molar-refractivity contribution >= 4 is 5.91 Å². The second-order valence-corrected chi connectivity index (χ2v) is 6.13. The van der Waals surface area contributed by atoms with Crippen LogP contribution in [-0.4, -0.2) is 29.1 Å². The van der Waals surface area contributed by atoms with Crippen molar-refractivity contribution in [1.29, 1.82) is 0 Å². The summed E-state index contributed by atoms with van der Waals surface area (Å²) in [4.78, 5) is 15.3. The van der Waals surface area contributed by atoms with Crippen molar-refractivity contribution in [2.75, 3.05) is 13.2 Å². The van der Waals surface area contributed by atoms with E-state index in [0.717, 1.165) is 24.1 Å². The maximum absolute atomic E-state index is 13.4. The lowest BCUT2D eigenvalue weighted by molar-refractivity contribution is -0.138. The average molecular weight is 309 g/mol. The molecule has 120 valence electrons. The van der Waals surface area contributed by atoms with E-state index in [-0.39, 0.29) is 12.5 Å². The predicted octanol–water partition coefficient (Wildman–Crippen LogP) is 3.11. The monoisotopic (exact) mass is 309 g/mol. The van der Waals surface area contributed by atoms with Crippen molar-refractivity contribution in [2.24, 2.45) is 0 Å². The van der Waals surface area contributed by atoms with Gasteiger partial charge in [0, 0.05) is 19.7 Å². The first-order valence-corrected chi connectivity index (χ1v) is 8.28. The smallest absolute Gasteiger partial charge is 0.238 e.